The molecule has 1 aliphatic heterocycles. The van der Waals surface area contributed by atoms with Crippen molar-refractivity contribution in [3.8, 4) is 5.88 Å². The molecule has 0 bridgehead atoms. The Morgan fingerprint density at radius 1 is 1.42 bits per heavy atom. The van der Waals surface area contributed by atoms with E-state index in [9.17, 15) is 4.39 Å². The SMILES string of the molecule is Fc1c(CNC2CC2)ccnc1OCC1CCCO1. The molecular formula is C14H19FN2O2. The topological polar surface area (TPSA) is 43.4 Å². The molecule has 1 aliphatic carbocycles. The maximum Gasteiger partial charge on any atom is 0.250 e. The van der Waals surface area contributed by atoms with Crippen molar-refractivity contribution in [2.24, 2.45) is 0 Å². The normalized spacial score (nSPS) is 22.7. The molecular weight excluding hydrogens is 247 g/mol. The molecule has 1 aromatic rings. The molecule has 2 heterocycles. The van der Waals surface area contributed by atoms with E-state index in [1.165, 1.54) is 12.8 Å². The van der Waals surface area contributed by atoms with Crippen LogP contribution in [-0.4, -0.2) is 30.3 Å². The highest BCUT2D eigenvalue weighted by molar-refractivity contribution is 5.23. The lowest BCUT2D eigenvalue weighted by Gasteiger charge is -2.12. The second-order valence-electron chi connectivity index (χ2n) is 5.19. The van der Waals surface area contributed by atoms with Gasteiger partial charge in [-0.15, -0.1) is 0 Å². The van der Waals surface area contributed by atoms with Crippen molar-refractivity contribution in [2.45, 2.75) is 44.4 Å². The minimum Gasteiger partial charge on any atom is -0.473 e. The molecule has 1 aromatic heterocycles. The first-order valence-corrected chi connectivity index (χ1v) is 6.94. The molecule has 4 nitrogen and oxygen atoms in total. The molecule has 0 spiro atoms. The maximum absolute atomic E-state index is 14.1. The van der Waals surface area contributed by atoms with Gasteiger partial charge in [-0.25, -0.2) is 9.37 Å². The summed E-state index contributed by atoms with van der Waals surface area (Å²) in [4.78, 5) is 3.96. The van der Waals surface area contributed by atoms with Crippen LogP contribution in [-0.2, 0) is 11.3 Å². The van der Waals surface area contributed by atoms with Crippen LogP contribution in [0.4, 0.5) is 4.39 Å². The van der Waals surface area contributed by atoms with Crippen LogP contribution in [0.3, 0.4) is 0 Å². The molecule has 3 rings (SSSR count). The molecule has 1 N–H and O–H groups in total. The lowest BCUT2D eigenvalue weighted by molar-refractivity contribution is 0.0647. The Bertz CT molecular complexity index is 431. The number of nitrogens with zero attached hydrogens (tertiary/aromatic N) is 1. The smallest absolute Gasteiger partial charge is 0.250 e. The Kier molecular flexibility index (Phi) is 3.94. The van der Waals surface area contributed by atoms with E-state index in [0.717, 1.165) is 19.4 Å². The van der Waals surface area contributed by atoms with Gasteiger partial charge < -0.3 is 14.8 Å². The van der Waals surface area contributed by atoms with Crippen LogP contribution in [0.15, 0.2) is 12.3 Å². The fourth-order valence-electron chi connectivity index (χ4n) is 2.19. The predicted molar refractivity (Wildman–Crippen MR) is 68.5 cm³/mol. The summed E-state index contributed by atoms with van der Waals surface area (Å²) in [5.41, 5.74) is 0.615. The fourth-order valence-corrected chi connectivity index (χ4v) is 2.19. The molecule has 2 aliphatic rings. The number of hydrogen-bond acceptors (Lipinski definition) is 4. The summed E-state index contributed by atoms with van der Waals surface area (Å²) in [6.45, 7) is 1.69. The van der Waals surface area contributed by atoms with E-state index in [0.29, 0.717) is 24.8 Å². The zero-order valence-electron chi connectivity index (χ0n) is 10.9. The van der Waals surface area contributed by atoms with Crippen LogP contribution >= 0.6 is 0 Å². The van der Waals surface area contributed by atoms with Crippen LogP contribution < -0.4 is 10.1 Å². The van der Waals surface area contributed by atoms with Gasteiger partial charge in [0.1, 0.15) is 6.61 Å². The van der Waals surface area contributed by atoms with Crippen LogP contribution in [0, 0.1) is 5.82 Å². The van der Waals surface area contributed by atoms with Crippen LogP contribution in [0.2, 0.25) is 0 Å². The van der Waals surface area contributed by atoms with Crippen molar-refractivity contribution in [3.05, 3.63) is 23.6 Å². The van der Waals surface area contributed by atoms with Gasteiger partial charge in [0.25, 0.3) is 5.88 Å². The fraction of sp³-hybridized carbons (Fsp3) is 0.643. The van der Waals surface area contributed by atoms with Gasteiger partial charge in [0.2, 0.25) is 0 Å². The second kappa shape index (κ2) is 5.84. The summed E-state index contributed by atoms with van der Waals surface area (Å²) >= 11 is 0. The Hall–Kier alpha value is -1.20. The van der Waals surface area contributed by atoms with Gasteiger partial charge in [-0.05, 0) is 31.7 Å². The molecule has 1 saturated carbocycles. The van der Waals surface area contributed by atoms with Gasteiger partial charge in [-0.3, -0.25) is 0 Å². The molecule has 5 heteroatoms. The zero-order valence-corrected chi connectivity index (χ0v) is 10.9. The zero-order chi connectivity index (χ0) is 13.1. The average Bonchev–Trinajstić information content (AvgIpc) is 3.10. The maximum atomic E-state index is 14.1. The van der Waals surface area contributed by atoms with E-state index in [2.05, 4.69) is 10.3 Å². The number of rotatable bonds is 6. The Balaban J connectivity index is 1.57. The van der Waals surface area contributed by atoms with Crippen molar-refractivity contribution in [1.82, 2.24) is 10.3 Å². The monoisotopic (exact) mass is 266 g/mol. The van der Waals surface area contributed by atoms with Gasteiger partial charge in [0.15, 0.2) is 5.82 Å². The first-order valence-electron chi connectivity index (χ1n) is 6.94. The van der Waals surface area contributed by atoms with Crippen molar-refractivity contribution in [2.75, 3.05) is 13.2 Å². The summed E-state index contributed by atoms with van der Waals surface area (Å²) in [7, 11) is 0. The summed E-state index contributed by atoms with van der Waals surface area (Å²) in [6.07, 6.45) is 6.08. The highest BCUT2D eigenvalue weighted by atomic mass is 19.1. The van der Waals surface area contributed by atoms with Gasteiger partial charge in [0, 0.05) is 31.0 Å². The third kappa shape index (κ3) is 3.42. The van der Waals surface area contributed by atoms with E-state index < -0.39 is 0 Å². The molecule has 0 amide bonds. The molecule has 2 fully saturated rings. The number of ether oxygens (including phenoxy) is 2. The summed E-state index contributed by atoms with van der Waals surface area (Å²) in [5.74, 6) is -0.265. The van der Waals surface area contributed by atoms with Gasteiger partial charge >= 0.3 is 0 Å². The summed E-state index contributed by atoms with van der Waals surface area (Å²) < 4.78 is 25.0. The van der Waals surface area contributed by atoms with Crippen LogP contribution in [0.25, 0.3) is 0 Å². The molecule has 1 unspecified atom stereocenters. The van der Waals surface area contributed by atoms with Gasteiger partial charge in [-0.1, -0.05) is 0 Å². The Morgan fingerprint density at radius 2 is 2.32 bits per heavy atom. The first kappa shape index (κ1) is 12.8. The number of pyridine rings is 1. The third-order valence-electron chi connectivity index (χ3n) is 3.53. The molecule has 19 heavy (non-hydrogen) atoms. The predicted octanol–water partition coefficient (Wildman–Crippen LogP) is 2.03. The molecule has 0 radical (unpaired) electrons. The number of halogens is 1. The lowest BCUT2D eigenvalue weighted by Crippen LogP contribution is -2.19. The minimum absolute atomic E-state index is 0.0782. The molecule has 1 saturated heterocycles. The summed E-state index contributed by atoms with van der Waals surface area (Å²) in [6, 6.07) is 2.26. The van der Waals surface area contributed by atoms with Crippen molar-refractivity contribution >= 4 is 0 Å². The Morgan fingerprint density at radius 3 is 3.05 bits per heavy atom. The lowest BCUT2D eigenvalue weighted by atomic mass is 10.2. The standard InChI is InChI=1S/C14H19FN2O2/c15-13-10(8-17-11-3-4-11)5-6-16-14(13)19-9-12-2-1-7-18-12/h5-6,11-12,17H,1-4,7-9H2. The van der Waals surface area contributed by atoms with E-state index in [1.54, 1.807) is 12.3 Å². The minimum atomic E-state index is -0.353. The van der Waals surface area contributed by atoms with Crippen LogP contribution in [0.5, 0.6) is 5.88 Å². The van der Waals surface area contributed by atoms with Crippen LogP contribution in [0.1, 0.15) is 31.2 Å². The van der Waals surface area contributed by atoms with E-state index in [-0.39, 0.29) is 17.8 Å². The second-order valence-corrected chi connectivity index (χ2v) is 5.19. The van der Waals surface area contributed by atoms with Crippen molar-refractivity contribution in [1.29, 1.82) is 0 Å². The van der Waals surface area contributed by atoms with Gasteiger partial charge in [0.05, 0.1) is 6.10 Å². The molecule has 1 atom stereocenters. The quantitative estimate of drug-likeness (QED) is 0.855. The third-order valence-corrected chi connectivity index (χ3v) is 3.53. The van der Waals surface area contributed by atoms with Crippen molar-refractivity contribution in [3.63, 3.8) is 0 Å². The average molecular weight is 266 g/mol. The summed E-state index contributed by atoms with van der Waals surface area (Å²) in [5, 5.41) is 3.29. The van der Waals surface area contributed by atoms with E-state index >= 15 is 0 Å². The molecule has 0 aromatic carbocycles. The Labute approximate surface area is 112 Å². The van der Waals surface area contributed by atoms with Crippen molar-refractivity contribution < 1.29 is 13.9 Å². The molecule has 104 valence electrons. The van der Waals surface area contributed by atoms with E-state index in [4.69, 9.17) is 9.47 Å². The number of hydrogen-bond donors (Lipinski definition) is 1. The number of nitrogens with one attached hydrogen (secondary N) is 1. The highest BCUT2D eigenvalue weighted by Gasteiger charge is 2.22. The first-order chi connectivity index (χ1) is 9.33. The largest absolute Gasteiger partial charge is 0.473 e. The highest BCUT2D eigenvalue weighted by Crippen LogP contribution is 2.22. The van der Waals surface area contributed by atoms with Gasteiger partial charge in [-0.2, -0.15) is 0 Å². The number of aromatic nitrogens is 1. The van der Waals surface area contributed by atoms with E-state index in [1.807, 2.05) is 0 Å².